The molecule has 0 radical (unpaired) electrons. The first-order chi connectivity index (χ1) is 16.1. The van der Waals surface area contributed by atoms with Crippen molar-refractivity contribution in [1.29, 1.82) is 0 Å². The molecule has 4 heterocycles. The molecular formula is C24H29ClN4O4. The molecule has 9 heteroatoms. The third kappa shape index (κ3) is 3.97. The minimum Gasteiger partial charge on any atom is -0.378 e. The predicted octanol–water partition coefficient (Wildman–Crippen LogP) is 2.90. The van der Waals surface area contributed by atoms with Crippen LogP contribution in [-0.4, -0.2) is 70.9 Å². The average Bonchev–Trinajstić information content (AvgIpc) is 3.44. The quantitative estimate of drug-likeness (QED) is 0.668. The molecule has 1 aliphatic carbocycles. The molecule has 2 saturated heterocycles. The second-order valence-corrected chi connectivity index (χ2v) is 9.97. The van der Waals surface area contributed by atoms with Crippen molar-refractivity contribution in [2.24, 2.45) is 5.92 Å². The minimum absolute atomic E-state index is 0.0977. The Hall–Kier alpha value is -2.00. The maximum atomic E-state index is 13.0. The zero-order valence-electron chi connectivity index (χ0n) is 18.7. The fourth-order valence-electron chi connectivity index (χ4n) is 5.82. The van der Waals surface area contributed by atoms with Crippen molar-refractivity contribution in [3.63, 3.8) is 0 Å². The number of carbonyl (C=O) groups is 1. The Kier molecular flexibility index (Phi) is 5.64. The van der Waals surface area contributed by atoms with Crippen molar-refractivity contribution in [2.45, 2.75) is 50.2 Å². The molecular weight excluding hydrogens is 444 g/mol. The van der Waals surface area contributed by atoms with Gasteiger partial charge in [0.15, 0.2) is 5.79 Å². The van der Waals surface area contributed by atoms with Crippen molar-refractivity contribution in [2.75, 3.05) is 39.5 Å². The molecule has 0 atom stereocenters. The summed E-state index contributed by atoms with van der Waals surface area (Å²) < 4.78 is 19.7. The van der Waals surface area contributed by atoms with Crippen LogP contribution < -0.4 is 0 Å². The van der Waals surface area contributed by atoms with Crippen molar-refractivity contribution < 1.29 is 19.0 Å². The van der Waals surface area contributed by atoms with Crippen molar-refractivity contribution in [1.82, 2.24) is 19.7 Å². The fraction of sp³-hybridized carbons (Fsp3) is 0.625. The second-order valence-electron chi connectivity index (χ2n) is 9.53. The highest BCUT2D eigenvalue weighted by Crippen LogP contribution is 2.41. The average molecular weight is 473 g/mol. The first-order valence-corrected chi connectivity index (χ1v) is 12.4. The van der Waals surface area contributed by atoms with E-state index in [1.807, 2.05) is 17.0 Å². The van der Waals surface area contributed by atoms with E-state index in [1.165, 1.54) is 0 Å². The van der Waals surface area contributed by atoms with Gasteiger partial charge in [-0.2, -0.15) is 0 Å². The van der Waals surface area contributed by atoms with Crippen molar-refractivity contribution >= 4 is 17.5 Å². The maximum absolute atomic E-state index is 13.0. The Labute approximate surface area is 198 Å². The Morgan fingerprint density at radius 3 is 2.52 bits per heavy atom. The van der Waals surface area contributed by atoms with E-state index in [9.17, 15) is 4.79 Å². The molecule has 1 amide bonds. The number of fused-ring (bicyclic) bond motifs is 3. The molecule has 8 nitrogen and oxygen atoms in total. The van der Waals surface area contributed by atoms with Gasteiger partial charge in [0.25, 0.3) is 0 Å². The van der Waals surface area contributed by atoms with Gasteiger partial charge in [0, 0.05) is 36.4 Å². The van der Waals surface area contributed by atoms with E-state index in [0.29, 0.717) is 57.4 Å². The van der Waals surface area contributed by atoms with Crippen molar-refractivity contribution in [3.05, 3.63) is 40.4 Å². The lowest BCUT2D eigenvalue weighted by Crippen LogP contribution is -2.44. The minimum atomic E-state index is -0.708. The Morgan fingerprint density at radius 2 is 1.76 bits per heavy atom. The smallest absolute Gasteiger partial charge is 0.225 e. The molecule has 0 bridgehead atoms. The summed E-state index contributed by atoms with van der Waals surface area (Å²) in [6.07, 6.45) is 4.81. The number of amides is 1. The molecule has 4 aliphatic rings. The van der Waals surface area contributed by atoms with Crippen molar-refractivity contribution in [3.8, 4) is 5.69 Å². The van der Waals surface area contributed by atoms with Crippen LogP contribution in [0.25, 0.3) is 5.69 Å². The van der Waals surface area contributed by atoms with Gasteiger partial charge in [-0.3, -0.25) is 9.36 Å². The van der Waals surface area contributed by atoms with Crippen LogP contribution in [0.2, 0.25) is 5.02 Å². The Balaban J connectivity index is 1.26. The van der Waals surface area contributed by atoms with Gasteiger partial charge in [-0.05, 0) is 49.4 Å². The van der Waals surface area contributed by atoms with Crippen LogP contribution in [0.1, 0.15) is 48.8 Å². The molecule has 33 heavy (non-hydrogen) atoms. The number of aromatic nitrogens is 3. The van der Waals surface area contributed by atoms with Crippen LogP contribution in [0.15, 0.2) is 18.2 Å². The lowest BCUT2D eigenvalue weighted by atomic mass is 9.80. The number of morpholine rings is 1. The molecule has 6 rings (SSSR count). The van der Waals surface area contributed by atoms with E-state index in [2.05, 4.69) is 20.8 Å². The number of hydrogen-bond donors (Lipinski definition) is 0. The summed E-state index contributed by atoms with van der Waals surface area (Å²) in [5, 5.41) is 9.94. The summed E-state index contributed by atoms with van der Waals surface area (Å²) in [5.41, 5.74) is 2.14. The van der Waals surface area contributed by atoms with Gasteiger partial charge < -0.3 is 19.1 Å². The molecule has 0 N–H and O–H groups in total. The standard InChI is InChI=1S/C24H29ClN4O4/c25-19-5-6-20-18(13-19)14-24(32-11-12-33-24)15-21-26-27-22(29(20)21)16-1-3-17(4-2-16)23(30)28-7-9-31-10-8-28/h5-6,13,16-17H,1-4,7-12,14-15H2. The van der Waals surface area contributed by atoms with Crippen LogP contribution in [0.3, 0.4) is 0 Å². The number of hydrogen-bond acceptors (Lipinski definition) is 6. The monoisotopic (exact) mass is 472 g/mol. The number of ether oxygens (including phenoxy) is 3. The van der Waals surface area contributed by atoms with Gasteiger partial charge in [-0.15, -0.1) is 10.2 Å². The molecule has 1 aromatic heterocycles. The van der Waals surface area contributed by atoms with Gasteiger partial charge in [-0.25, -0.2) is 0 Å². The van der Waals surface area contributed by atoms with Gasteiger partial charge in [0.2, 0.25) is 5.91 Å². The zero-order valence-corrected chi connectivity index (χ0v) is 19.4. The molecule has 1 spiro atoms. The SMILES string of the molecule is O=C(C1CCC(c2nnc3n2-c2ccc(Cl)cc2CC2(C3)OCCO2)CC1)N1CCOCC1. The zero-order chi connectivity index (χ0) is 22.4. The number of nitrogens with zero attached hydrogens (tertiary/aromatic N) is 4. The lowest BCUT2D eigenvalue weighted by molar-refractivity contribution is -0.155. The van der Waals surface area contributed by atoms with Gasteiger partial charge in [0.1, 0.15) is 11.6 Å². The van der Waals surface area contributed by atoms with Gasteiger partial charge in [-0.1, -0.05) is 11.6 Å². The van der Waals surface area contributed by atoms with E-state index in [4.69, 9.17) is 25.8 Å². The highest BCUT2D eigenvalue weighted by atomic mass is 35.5. The molecule has 3 aliphatic heterocycles. The molecule has 176 valence electrons. The third-order valence-corrected chi connectivity index (χ3v) is 7.74. The summed E-state index contributed by atoms with van der Waals surface area (Å²) in [6.45, 7) is 3.87. The van der Waals surface area contributed by atoms with E-state index >= 15 is 0 Å². The summed E-state index contributed by atoms with van der Waals surface area (Å²) in [5.74, 6) is 1.78. The first-order valence-electron chi connectivity index (χ1n) is 12.0. The maximum Gasteiger partial charge on any atom is 0.225 e. The predicted molar refractivity (Wildman–Crippen MR) is 121 cm³/mol. The highest BCUT2D eigenvalue weighted by molar-refractivity contribution is 6.30. The topological polar surface area (TPSA) is 78.7 Å². The Bertz CT molecular complexity index is 1040. The van der Waals surface area contributed by atoms with E-state index in [0.717, 1.165) is 48.6 Å². The normalized spacial score (nSPS) is 26.6. The fourth-order valence-corrected chi connectivity index (χ4v) is 6.02. The number of benzene rings is 1. The first kappa shape index (κ1) is 21.5. The van der Waals surface area contributed by atoms with Crippen LogP contribution >= 0.6 is 11.6 Å². The van der Waals surface area contributed by atoms with Crippen LogP contribution in [0.5, 0.6) is 0 Å². The Morgan fingerprint density at radius 1 is 1.00 bits per heavy atom. The summed E-state index contributed by atoms with van der Waals surface area (Å²) >= 11 is 6.36. The molecule has 3 fully saturated rings. The second kappa shape index (κ2) is 8.65. The number of rotatable bonds is 2. The largest absolute Gasteiger partial charge is 0.378 e. The van der Waals surface area contributed by atoms with Gasteiger partial charge in [0.05, 0.1) is 38.5 Å². The van der Waals surface area contributed by atoms with E-state index < -0.39 is 5.79 Å². The summed E-state index contributed by atoms with van der Waals surface area (Å²) in [7, 11) is 0. The van der Waals surface area contributed by atoms with Crippen LogP contribution in [0.4, 0.5) is 0 Å². The molecule has 2 aromatic rings. The van der Waals surface area contributed by atoms with Gasteiger partial charge >= 0.3 is 0 Å². The van der Waals surface area contributed by atoms with Crippen LogP contribution in [0, 0.1) is 5.92 Å². The number of carbonyl (C=O) groups excluding carboxylic acids is 1. The van der Waals surface area contributed by atoms with E-state index in [-0.39, 0.29) is 17.7 Å². The summed E-state index contributed by atoms with van der Waals surface area (Å²) in [4.78, 5) is 14.9. The highest BCUT2D eigenvalue weighted by Gasteiger charge is 2.43. The van der Waals surface area contributed by atoms with Crippen LogP contribution in [-0.2, 0) is 31.8 Å². The van der Waals surface area contributed by atoms with E-state index in [1.54, 1.807) is 0 Å². The number of halogens is 1. The molecule has 1 aromatic carbocycles. The lowest BCUT2D eigenvalue weighted by Gasteiger charge is -2.33. The molecule has 0 unspecified atom stereocenters. The summed E-state index contributed by atoms with van der Waals surface area (Å²) in [6, 6.07) is 5.97. The molecule has 1 saturated carbocycles. The third-order valence-electron chi connectivity index (χ3n) is 7.50.